The van der Waals surface area contributed by atoms with Gasteiger partial charge in [0, 0.05) is 18.8 Å². The van der Waals surface area contributed by atoms with E-state index >= 15 is 0 Å². The van der Waals surface area contributed by atoms with Crippen LogP contribution in [-0.2, 0) is 4.79 Å². The minimum atomic E-state index is -0.0109. The first-order valence-electron chi connectivity index (χ1n) is 7.23. The Morgan fingerprint density at radius 2 is 2.40 bits per heavy atom. The van der Waals surface area contributed by atoms with Gasteiger partial charge >= 0.3 is 0 Å². The zero-order valence-electron chi connectivity index (χ0n) is 11.5. The van der Waals surface area contributed by atoms with E-state index in [-0.39, 0.29) is 5.91 Å². The van der Waals surface area contributed by atoms with Crippen LogP contribution in [0.3, 0.4) is 0 Å². The maximum atomic E-state index is 12.0. The van der Waals surface area contributed by atoms with Crippen LogP contribution in [0.5, 0.6) is 0 Å². The van der Waals surface area contributed by atoms with Gasteiger partial charge in [-0.15, -0.1) is 0 Å². The van der Waals surface area contributed by atoms with Crippen LogP contribution in [0.2, 0.25) is 0 Å². The SMILES string of the molecule is O=C(CN1CCCC2CNCC21)NNc1ccccn1. The molecule has 20 heavy (non-hydrogen) atoms. The molecule has 0 spiro atoms. The quantitative estimate of drug-likeness (QED) is 0.685. The molecule has 6 nitrogen and oxygen atoms in total. The Morgan fingerprint density at radius 1 is 1.45 bits per heavy atom. The van der Waals surface area contributed by atoms with Gasteiger partial charge < -0.3 is 5.32 Å². The summed E-state index contributed by atoms with van der Waals surface area (Å²) in [5.74, 6) is 1.35. The molecule has 1 amide bonds. The summed E-state index contributed by atoms with van der Waals surface area (Å²) in [4.78, 5) is 18.4. The molecule has 0 aromatic carbocycles. The Kier molecular flexibility index (Phi) is 4.13. The highest BCUT2D eigenvalue weighted by Gasteiger charge is 2.35. The number of nitrogens with zero attached hydrogens (tertiary/aromatic N) is 2. The predicted molar refractivity (Wildman–Crippen MR) is 77.0 cm³/mol. The van der Waals surface area contributed by atoms with E-state index in [2.05, 4.69) is 26.1 Å². The molecule has 1 aromatic heterocycles. The maximum absolute atomic E-state index is 12.0. The number of piperidine rings is 1. The topological polar surface area (TPSA) is 69.3 Å². The summed E-state index contributed by atoms with van der Waals surface area (Å²) in [6, 6.07) is 6.05. The third-order valence-electron chi connectivity index (χ3n) is 4.13. The van der Waals surface area contributed by atoms with Crippen molar-refractivity contribution in [2.75, 3.05) is 31.6 Å². The predicted octanol–water partition coefficient (Wildman–Crippen LogP) is 0.209. The molecule has 2 unspecified atom stereocenters. The molecular formula is C14H21N5O. The number of hydrogen-bond donors (Lipinski definition) is 3. The number of carbonyl (C=O) groups is 1. The molecule has 0 saturated carbocycles. The molecule has 0 aliphatic carbocycles. The van der Waals surface area contributed by atoms with Crippen LogP contribution >= 0.6 is 0 Å². The molecule has 2 saturated heterocycles. The Bertz CT molecular complexity index is 452. The lowest BCUT2D eigenvalue weighted by Crippen LogP contribution is -2.50. The van der Waals surface area contributed by atoms with E-state index in [1.54, 1.807) is 6.20 Å². The number of aromatic nitrogens is 1. The lowest BCUT2D eigenvalue weighted by atomic mass is 9.92. The zero-order valence-corrected chi connectivity index (χ0v) is 11.5. The minimum Gasteiger partial charge on any atom is -0.315 e. The summed E-state index contributed by atoms with van der Waals surface area (Å²) in [6.07, 6.45) is 4.15. The van der Waals surface area contributed by atoms with Crippen molar-refractivity contribution in [2.24, 2.45) is 5.92 Å². The van der Waals surface area contributed by atoms with Gasteiger partial charge in [0.2, 0.25) is 0 Å². The number of likely N-dealkylation sites (tertiary alicyclic amines) is 1. The molecule has 108 valence electrons. The lowest BCUT2D eigenvalue weighted by Gasteiger charge is -2.36. The molecule has 2 aliphatic heterocycles. The molecule has 0 radical (unpaired) electrons. The second-order valence-corrected chi connectivity index (χ2v) is 5.49. The largest absolute Gasteiger partial charge is 0.315 e. The second kappa shape index (κ2) is 6.19. The van der Waals surface area contributed by atoms with Gasteiger partial charge in [-0.2, -0.15) is 0 Å². The average Bonchev–Trinajstić information content (AvgIpc) is 2.96. The Balaban J connectivity index is 1.48. The van der Waals surface area contributed by atoms with Crippen molar-refractivity contribution in [2.45, 2.75) is 18.9 Å². The summed E-state index contributed by atoms with van der Waals surface area (Å²) in [7, 11) is 0. The molecule has 6 heteroatoms. The average molecular weight is 275 g/mol. The van der Waals surface area contributed by atoms with Gasteiger partial charge in [0.15, 0.2) is 0 Å². The van der Waals surface area contributed by atoms with E-state index in [4.69, 9.17) is 0 Å². The standard InChI is InChI=1S/C14H21N5O/c20-14(18-17-13-5-1-2-6-16-13)10-19-7-3-4-11-8-15-9-12(11)19/h1-2,5-6,11-12,15H,3-4,7-10H2,(H,16,17)(H,18,20). The van der Waals surface area contributed by atoms with E-state index < -0.39 is 0 Å². The monoisotopic (exact) mass is 275 g/mol. The Morgan fingerprint density at radius 3 is 3.25 bits per heavy atom. The van der Waals surface area contributed by atoms with Crippen LogP contribution in [-0.4, -0.2) is 48.0 Å². The number of fused-ring (bicyclic) bond motifs is 1. The van der Waals surface area contributed by atoms with Gasteiger partial charge in [-0.1, -0.05) is 6.07 Å². The highest BCUT2D eigenvalue weighted by molar-refractivity contribution is 5.79. The van der Waals surface area contributed by atoms with Crippen molar-refractivity contribution >= 4 is 11.7 Å². The van der Waals surface area contributed by atoms with Gasteiger partial charge in [0.25, 0.3) is 5.91 Å². The van der Waals surface area contributed by atoms with Gasteiger partial charge in [-0.25, -0.2) is 4.98 Å². The fourth-order valence-corrected chi connectivity index (χ4v) is 3.15. The smallest absolute Gasteiger partial charge is 0.252 e. The lowest BCUT2D eigenvalue weighted by molar-refractivity contribution is -0.122. The number of anilines is 1. The fraction of sp³-hybridized carbons (Fsp3) is 0.571. The van der Waals surface area contributed by atoms with Crippen molar-refractivity contribution in [3.63, 3.8) is 0 Å². The van der Waals surface area contributed by atoms with E-state index in [0.29, 0.717) is 24.3 Å². The minimum absolute atomic E-state index is 0.0109. The number of pyridine rings is 1. The van der Waals surface area contributed by atoms with Crippen LogP contribution in [0.1, 0.15) is 12.8 Å². The van der Waals surface area contributed by atoms with Crippen LogP contribution in [0.4, 0.5) is 5.82 Å². The molecule has 1 aromatic rings. The van der Waals surface area contributed by atoms with E-state index in [1.807, 2.05) is 18.2 Å². The van der Waals surface area contributed by atoms with Crippen molar-refractivity contribution in [3.05, 3.63) is 24.4 Å². The highest BCUT2D eigenvalue weighted by atomic mass is 16.2. The zero-order chi connectivity index (χ0) is 13.8. The number of nitrogens with one attached hydrogen (secondary N) is 3. The van der Waals surface area contributed by atoms with Gasteiger partial charge in [0.05, 0.1) is 6.54 Å². The van der Waals surface area contributed by atoms with Gasteiger partial charge in [-0.05, 0) is 44.0 Å². The van der Waals surface area contributed by atoms with Crippen LogP contribution in [0.25, 0.3) is 0 Å². The third-order valence-corrected chi connectivity index (χ3v) is 4.13. The molecule has 2 aliphatic rings. The summed E-state index contributed by atoms with van der Waals surface area (Å²) < 4.78 is 0. The molecule has 3 rings (SSSR count). The van der Waals surface area contributed by atoms with E-state index in [1.165, 1.54) is 12.8 Å². The maximum Gasteiger partial charge on any atom is 0.252 e. The summed E-state index contributed by atoms with van der Waals surface area (Å²) in [5, 5.41) is 3.43. The Labute approximate surface area is 118 Å². The van der Waals surface area contributed by atoms with Crippen LogP contribution < -0.4 is 16.2 Å². The van der Waals surface area contributed by atoms with Gasteiger partial charge in [0.1, 0.15) is 5.82 Å². The van der Waals surface area contributed by atoms with Crippen molar-refractivity contribution in [3.8, 4) is 0 Å². The number of carbonyl (C=O) groups excluding carboxylic acids is 1. The summed E-state index contributed by atoms with van der Waals surface area (Å²) in [5.41, 5.74) is 5.55. The molecule has 3 N–H and O–H groups in total. The molecule has 0 bridgehead atoms. The number of rotatable bonds is 4. The van der Waals surface area contributed by atoms with Crippen molar-refractivity contribution in [1.29, 1.82) is 0 Å². The Hall–Kier alpha value is -1.66. The first kappa shape index (κ1) is 13.3. The molecule has 2 fully saturated rings. The number of amides is 1. The first-order chi connectivity index (χ1) is 9.83. The normalized spacial score (nSPS) is 26.0. The summed E-state index contributed by atoms with van der Waals surface area (Å²) >= 11 is 0. The first-order valence-corrected chi connectivity index (χ1v) is 7.23. The second-order valence-electron chi connectivity index (χ2n) is 5.49. The number of hydrazine groups is 1. The highest BCUT2D eigenvalue weighted by Crippen LogP contribution is 2.25. The number of hydrogen-bond acceptors (Lipinski definition) is 5. The van der Waals surface area contributed by atoms with Crippen LogP contribution in [0.15, 0.2) is 24.4 Å². The third kappa shape index (κ3) is 3.08. The van der Waals surface area contributed by atoms with E-state index in [0.717, 1.165) is 19.6 Å². The molecule has 3 heterocycles. The molecular weight excluding hydrogens is 254 g/mol. The van der Waals surface area contributed by atoms with Crippen molar-refractivity contribution in [1.82, 2.24) is 20.6 Å². The van der Waals surface area contributed by atoms with Gasteiger partial charge in [-0.3, -0.25) is 20.5 Å². The summed E-state index contributed by atoms with van der Waals surface area (Å²) in [6.45, 7) is 3.56. The molecule has 2 atom stereocenters. The van der Waals surface area contributed by atoms with Crippen LogP contribution in [0, 0.1) is 5.92 Å². The van der Waals surface area contributed by atoms with E-state index in [9.17, 15) is 4.79 Å². The van der Waals surface area contributed by atoms with Crippen molar-refractivity contribution < 1.29 is 4.79 Å². The fourth-order valence-electron chi connectivity index (χ4n) is 3.15.